The largest absolute Gasteiger partial charge is 0.296 e. The predicted octanol–water partition coefficient (Wildman–Crippen LogP) is -0.445. The van der Waals surface area contributed by atoms with Crippen LogP contribution in [0, 0.1) is 0 Å². The van der Waals surface area contributed by atoms with E-state index in [0.29, 0.717) is 6.17 Å². The standard InChI is InChI=1S/C5H9N5/c1-2-5(6-3-1)10-4-7-8-9-10/h4-6H,1-3H2/t5-/m1/s1. The normalized spacial score (nSPS) is 25.4. The minimum absolute atomic E-state index is 0.329. The fourth-order valence-corrected chi connectivity index (χ4v) is 1.20. The van der Waals surface area contributed by atoms with Gasteiger partial charge in [0.1, 0.15) is 12.5 Å². The average Bonchev–Trinajstić information content (AvgIpc) is 2.59. The van der Waals surface area contributed by atoms with Gasteiger partial charge in [-0.3, -0.25) is 5.32 Å². The molecule has 1 N–H and O–H groups in total. The van der Waals surface area contributed by atoms with Crippen LogP contribution in [0.3, 0.4) is 0 Å². The van der Waals surface area contributed by atoms with Crippen molar-refractivity contribution in [2.24, 2.45) is 0 Å². The zero-order valence-corrected chi connectivity index (χ0v) is 5.56. The highest BCUT2D eigenvalue weighted by molar-refractivity contribution is 4.69. The number of hydrogen-bond donors (Lipinski definition) is 1. The number of rotatable bonds is 1. The highest BCUT2D eigenvalue weighted by atomic mass is 15.6. The van der Waals surface area contributed by atoms with E-state index >= 15 is 0 Å². The first kappa shape index (κ1) is 5.79. The Morgan fingerprint density at radius 2 is 2.60 bits per heavy atom. The molecule has 1 aromatic rings. The molecular formula is C5H9N5. The monoisotopic (exact) mass is 139 g/mol. The second-order valence-corrected chi connectivity index (χ2v) is 2.40. The molecule has 54 valence electrons. The number of nitrogens with one attached hydrogen (secondary N) is 1. The van der Waals surface area contributed by atoms with Crippen molar-refractivity contribution < 1.29 is 0 Å². The van der Waals surface area contributed by atoms with Crippen molar-refractivity contribution in [2.75, 3.05) is 6.54 Å². The van der Waals surface area contributed by atoms with Crippen molar-refractivity contribution in [3.8, 4) is 0 Å². The van der Waals surface area contributed by atoms with E-state index in [1.807, 2.05) is 0 Å². The van der Waals surface area contributed by atoms with Crippen molar-refractivity contribution in [1.29, 1.82) is 0 Å². The highest BCUT2D eigenvalue weighted by Crippen LogP contribution is 2.13. The molecule has 0 saturated carbocycles. The molecule has 0 aromatic carbocycles. The lowest BCUT2D eigenvalue weighted by Crippen LogP contribution is -2.20. The SMILES string of the molecule is c1nnnn1[C@@H]1CCCN1. The van der Waals surface area contributed by atoms with E-state index in [1.54, 1.807) is 11.0 Å². The smallest absolute Gasteiger partial charge is 0.140 e. The molecule has 1 aliphatic rings. The van der Waals surface area contributed by atoms with Crippen LogP contribution < -0.4 is 5.32 Å². The zero-order chi connectivity index (χ0) is 6.81. The van der Waals surface area contributed by atoms with E-state index < -0.39 is 0 Å². The Kier molecular flexibility index (Phi) is 1.35. The average molecular weight is 139 g/mol. The van der Waals surface area contributed by atoms with Crippen LogP contribution in [0.25, 0.3) is 0 Å². The maximum Gasteiger partial charge on any atom is 0.140 e. The molecule has 0 radical (unpaired) electrons. The highest BCUT2D eigenvalue weighted by Gasteiger charge is 2.15. The summed E-state index contributed by atoms with van der Waals surface area (Å²) < 4.78 is 1.76. The van der Waals surface area contributed by atoms with Gasteiger partial charge < -0.3 is 0 Å². The number of tetrazole rings is 1. The van der Waals surface area contributed by atoms with Gasteiger partial charge in [0.2, 0.25) is 0 Å². The Labute approximate surface area is 58.4 Å². The fraction of sp³-hybridized carbons (Fsp3) is 0.800. The van der Waals surface area contributed by atoms with Crippen LogP contribution >= 0.6 is 0 Å². The molecule has 0 bridgehead atoms. The van der Waals surface area contributed by atoms with E-state index in [9.17, 15) is 0 Å². The Balaban J connectivity index is 2.12. The molecule has 1 saturated heterocycles. The summed E-state index contributed by atoms with van der Waals surface area (Å²) in [5.41, 5.74) is 0. The summed E-state index contributed by atoms with van der Waals surface area (Å²) in [5, 5.41) is 14.2. The topological polar surface area (TPSA) is 55.6 Å². The van der Waals surface area contributed by atoms with Gasteiger partial charge >= 0.3 is 0 Å². The number of aromatic nitrogens is 4. The van der Waals surface area contributed by atoms with Crippen LogP contribution in [0.2, 0.25) is 0 Å². The van der Waals surface area contributed by atoms with E-state index in [-0.39, 0.29) is 0 Å². The van der Waals surface area contributed by atoms with Crippen molar-refractivity contribution in [3.63, 3.8) is 0 Å². The molecule has 0 unspecified atom stereocenters. The van der Waals surface area contributed by atoms with Gasteiger partial charge in [-0.15, -0.1) is 5.10 Å². The summed E-state index contributed by atoms with van der Waals surface area (Å²) in [6.07, 6.45) is 4.31. The molecule has 2 rings (SSSR count). The molecule has 5 heteroatoms. The molecular weight excluding hydrogens is 130 g/mol. The minimum Gasteiger partial charge on any atom is -0.296 e. The summed E-state index contributed by atoms with van der Waals surface area (Å²) in [4.78, 5) is 0. The van der Waals surface area contributed by atoms with Gasteiger partial charge in [-0.1, -0.05) is 0 Å². The van der Waals surface area contributed by atoms with Gasteiger partial charge in [0.25, 0.3) is 0 Å². The van der Waals surface area contributed by atoms with Crippen molar-refractivity contribution in [3.05, 3.63) is 6.33 Å². The Hall–Kier alpha value is -0.970. The van der Waals surface area contributed by atoms with Gasteiger partial charge in [-0.25, -0.2) is 4.68 Å². The Morgan fingerprint density at radius 1 is 1.60 bits per heavy atom. The Morgan fingerprint density at radius 3 is 3.20 bits per heavy atom. The third-order valence-corrected chi connectivity index (χ3v) is 1.72. The Bertz CT molecular complexity index is 188. The molecule has 5 nitrogen and oxygen atoms in total. The maximum absolute atomic E-state index is 3.79. The molecule has 1 aliphatic heterocycles. The lowest BCUT2D eigenvalue weighted by Gasteiger charge is -2.06. The first-order chi connectivity index (χ1) is 4.97. The van der Waals surface area contributed by atoms with Crippen LogP contribution in [0.5, 0.6) is 0 Å². The van der Waals surface area contributed by atoms with Crippen LogP contribution in [-0.2, 0) is 0 Å². The lowest BCUT2D eigenvalue weighted by atomic mass is 10.3. The first-order valence-corrected chi connectivity index (χ1v) is 3.43. The zero-order valence-electron chi connectivity index (χ0n) is 5.56. The molecule has 10 heavy (non-hydrogen) atoms. The third kappa shape index (κ3) is 0.881. The van der Waals surface area contributed by atoms with Crippen molar-refractivity contribution in [1.82, 2.24) is 25.5 Å². The molecule has 1 aromatic heterocycles. The van der Waals surface area contributed by atoms with Gasteiger partial charge in [-0.2, -0.15) is 0 Å². The van der Waals surface area contributed by atoms with E-state index in [2.05, 4.69) is 20.8 Å². The van der Waals surface area contributed by atoms with Crippen LogP contribution in [-0.4, -0.2) is 26.8 Å². The predicted molar refractivity (Wildman–Crippen MR) is 34.1 cm³/mol. The minimum atomic E-state index is 0.329. The molecule has 0 aliphatic carbocycles. The fourth-order valence-electron chi connectivity index (χ4n) is 1.20. The molecule has 1 atom stereocenters. The van der Waals surface area contributed by atoms with E-state index in [1.165, 1.54) is 6.42 Å². The van der Waals surface area contributed by atoms with Gasteiger partial charge in [0.05, 0.1) is 0 Å². The molecule has 0 amide bonds. The summed E-state index contributed by atoms with van der Waals surface area (Å²) >= 11 is 0. The van der Waals surface area contributed by atoms with E-state index in [0.717, 1.165) is 13.0 Å². The first-order valence-electron chi connectivity index (χ1n) is 3.43. The van der Waals surface area contributed by atoms with Crippen LogP contribution in [0.15, 0.2) is 6.33 Å². The maximum atomic E-state index is 3.79. The second-order valence-electron chi connectivity index (χ2n) is 2.40. The molecule has 0 spiro atoms. The summed E-state index contributed by atoms with van der Waals surface area (Å²) in [5.74, 6) is 0. The third-order valence-electron chi connectivity index (χ3n) is 1.72. The second kappa shape index (κ2) is 2.34. The van der Waals surface area contributed by atoms with Gasteiger partial charge in [-0.05, 0) is 29.8 Å². The quantitative estimate of drug-likeness (QED) is 0.572. The summed E-state index contributed by atoms with van der Waals surface area (Å²) in [6, 6.07) is 0. The number of hydrogen-bond acceptors (Lipinski definition) is 4. The summed E-state index contributed by atoms with van der Waals surface area (Å²) in [6.45, 7) is 1.07. The van der Waals surface area contributed by atoms with E-state index in [4.69, 9.17) is 0 Å². The van der Waals surface area contributed by atoms with Gasteiger partial charge in [0.15, 0.2) is 0 Å². The van der Waals surface area contributed by atoms with Gasteiger partial charge in [0, 0.05) is 0 Å². The van der Waals surface area contributed by atoms with Crippen molar-refractivity contribution >= 4 is 0 Å². The number of nitrogens with zero attached hydrogens (tertiary/aromatic N) is 4. The molecule has 1 fully saturated rings. The van der Waals surface area contributed by atoms with Crippen LogP contribution in [0.1, 0.15) is 19.0 Å². The molecule has 2 heterocycles. The lowest BCUT2D eigenvalue weighted by molar-refractivity contribution is 0.414. The summed E-state index contributed by atoms with van der Waals surface area (Å²) in [7, 11) is 0. The van der Waals surface area contributed by atoms with Crippen molar-refractivity contribution in [2.45, 2.75) is 19.0 Å². The van der Waals surface area contributed by atoms with Crippen LogP contribution in [0.4, 0.5) is 0 Å².